The number of methoxy groups -OCH3 is 1. The third-order valence-corrected chi connectivity index (χ3v) is 3.68. The van der Waals surface area contributed by atoms with Crippen molar-refractivity contribution in [3.05, 3.63) is 29.8 Å². The highest BCUT2D eigenvalue weighted by Gasteiger charge is 2.23. The van der Waals surface area contributed by atoms with Gasteiger partial charge in [-0.05, 0) is 31.0 Å². The molecule has 3 N–H and O–H groups in total. The summed E-state index contributed by atoms with van der Waals surface area (Å²) in [6.07, 6.45) is 1.25. The summed E-state index contributed by atoms with van der Waals surface area (Å²) in [5.41, 5.74) is 1.11. The standard InChI is InChI=1S/C17H25N3O4/c1-23-11-9-18-7-8-19-16(21)13-4-2-5-14(12-13)20-17(22)15-6-3-10-24-15/h2,4-5,12,15,18H,3,6-11H2,1H3,(H,19,21)(H,20,22). The Morgan fingerprint density at radius 3 is 2.92 bits per heavy atom. The number of amides is 2. The van der Waals surface area contributed by atoms with Crippen LogP contribution in [0.2, 0.25) is 0 Å². The number of benzene rings is 1. The van der Waals surface area contributed by atoms with E-state index in [-0.39, 0.29) is 17.9 Å². The molecule has 7 nitrogen and oxygen atoms in total. The number of carbonyl (C=O) groups excluding carboxylic acids is 2. The summed E-state index contributed by atoms with van der Waals surface area (Å²) in [5.74, 6) is -0.329. The molecule has 1 saturated heterocycles. The van der Waals surface area contributed by atoms with Crippen molar-refractivity contribution in [3.63, 3.8) is 0 Å². The number of carbonyl (C=O) groups is 2. The first-order valence-electron chi connectivity index (χ1n) is 8.21. The molecule has 0 bridgehead atoms. The van der Waals surface area contributed by atoms with E-state index in [1.165, 1.54) is 0 Å². The summed E-state index contributed by atoms with van der Waals surface area (Å²) in [5, 5.41) is 8.78. The van der Waals surface area contributed by atoms with Crippen molar-refractivity contribution in [2.45, 2.75) is 18.9 Å². The average molecular weight is 335 g/mol. The lowest BCUT2D eigenvalue weighted by molar-refractivity contribution is -0.124. The lowest BCUT2D eigenvalue weighted by Crippen LogP contribution is -2.33. The van der Waals surface area contributed by atoms with Gasteiger partial charge in [-0.1, -0.05) is 6.07 Å². The minimum absolute atomic E-state index is 0.160. The van der Waals surface area contributed by atoms with E-state index < -0.39 is 0 Å². The van der Waals surface area contributed by atoms with Crippen LogP contribution >= 0.6 is 0 Å². The van der Waals surface area contributed by atoms with E-state index in [0.29, 0.717) is 37.6 Å². The molecule has 0 radical (unpaired) electrons. The molecule has 1 aromatic carbocycles. The Morgan fingerprint density at radius 2 is 2.17 bits per heavy atom. The zero-order valence-electron chi connectivity index (χ0n) is 14.0. The number of anilines is 1. The first-order valence-corrected chi connectivity index (χ1v) is 8.21. The van der Waals surface area contributed by atoms with Crippen LogP contribution in [-0.4, -0.2) is 57.9 Å². The third-order valence-electron chi connectivity index (χ3n) is 3.68. The third kappa shape index (κ3) is 5.92. The first kappa shape index (κ1) is 18.4. The second kappa shape index (κ2) is 10.0. The summed E-state index contributed by atoms with van der Waals surface area (Å²) in [6.45, 7) is 3.20. The van der Waals surface area contributed by atoms with E-state index in [1.807, 2.05) is 0 Å². The molecule has 0 aliphatic carbocycles. The summed E-state index contributed by atoms with van der Waals surface area (Å²) in [6, 6.07) is 6.89. The first-order chi connectivity index (χ1) is 11.7. The van der Waals surface area contributed by atoms with E-state index in [2.05, 4.69) is 16.0 Å². The maximum absolute atomic E-state index is 12.1. The molecule has 0 saturated carbocycles. The van der Waals surface area contributed by atoms with Crippen LogP contribution in [-0.2, 0) is 14.3 Å². The summed E-state index contributed by atoms with van der Waals surface area (Å²) in [7, 11) is 1.65. The van der Waals surface area contributed by atoms with Gasteiger partial charge < -0.3 is 25.4 Å². The Labute approximate surface area is 142 Å². The van der Waals surface area contributed by atoms with Gasteiger partial charge in [0.25, 0.3) is 11.8 Å². The molecule has 132 valence electrons. The molecule has 2 rings (SSSR count). The SMILES string of the molecule is COCCNCCNC(=O)c1cccc(NC(=O)C2CCCO2)c1. The fourth-order valence-electron chi connectivity index (χ4n) is 2.41. The molecule has 2 amide bonds. The van der Waals surface area contributed by atoms with Gasteiger partial charge in [0, 0.05) is 44.6 Å². The molecule has 24 heavy (non-hydrogen) atoms. The zero-order valence-corrected chi connectivity index (χ0v) is 14.0. The van der Waals surface area contributed by atoms with Crippen LogP contribution in [0.5, 0.6) is 0 Å². The molecule has 1 heterocycles. The van der Waals surface area contributed by atoms with Crippen molar-refractivity contribution in [1.82, 2.24) is 10.6 Å². The number of hydrogen-bond donors (Lipinski definition) is 3. The number of rotatable bonds is 9. The van der Waals surface area contributed by atoms with Crippen molar-refractivity contribution in [3.8, 4) is 0 Å². The van der Waals surface area contributed by atoms with E-state index >= 15 is 0 Å². The topological polar surface area (TPSA) is 88.7 Å². The van der Waals surface area contributed by atoms with Gasteiger partial charge in [-0.3, -0.25) is 9.59 Å². The second-order valence-electron chi connectivity index (χ2n) is 5.57. The molecule has 1 aliphatic heterocycles. The van der Waals surface area contributed by atoms with Gasteiger partial charge in [-0.25, -0.2) is 0 Å². The van der Waals surface area contributed by atoms with Gasteiger partial charge in [-0.2, -0.15) is 0 Å². The molecule has 0 aromatic heterocycles. The van der Waals surface area contributed by atoms with Gasteiger partial charge in [0.2, 0.25) is 0 Å². The van der Waals surface area contributed by atoms with Crippen molar-refractivity contribution < 1.29 is 19.1 Å². The highest BCUT2D eigenvalue weighted by Crippen LogP contribution is 2.16. The van der Waals surface area contributed by atoms with Crippen molar-refractivity contribution in [1.29, 1.82) is 0 Å². The molecule has 1 aromatic rings. The van der Waals surface area contributed by atoms with Gasteiger partial charge in [0.15, 0.2) is 0 Å². The quantitative estimate of drug-likeness (QED) is 0.580. The minimum atomic E-state index is -0.388. The summed E-state index contributed by atoms with van der Waals surface area (Å²) >= 11 is 0. The van der Waals surface area contributed by atoms with Gasteiger partial charge >= 0.3 is 0 Å². The Hall–Kier alpha value is -1.96. The predicted octanol–water partition coefficient (Wildman–Crippen LogP) is 0.770. The summed E-state index contributed by atoms with van der Waals surface area (Å²) in [4.78, 5) is 24.2. The molecule has 1 fully saturated rings. The van der Waals surface area contributed by atoms with Gasteiger partial charge in [0.1, 0.15) is 6.10 Å². The maximum atomic E-state index is 12.1. The monoisotopic (exact) mass is 335 g/mol. The van der Waals surface area contributed by atoms with E-state index in [9.17, 15) is 9.59 Å². The van der Waals surface area contributed by atoms with Crippen molar-refractivity contribution >= 4 is 17.5 Å². The van der Waals surface area contributed by atoms with Crippen LogP contribution < -0.4 is 16.0 Å². The number of ether oxygens (including phenoxy) is 2. The lowest BCUT2D eigenvalue weighted by atomic mass is 10.1. The van der Waals surface area contributed by atoms with Crippen molar-refractivity contribution in [2.75, 3.05) is 45.3 Å². The van der Waals surface area contributed by atoms with Crippen LogP contribution in [0.3, 0.4) is 0 Å². The lowest BCUT2D eigenvalue weighted by Gasteiger charge is -2.11. The van der Waals surface area contributed by atoms with Crippen LogP contribution in [0.15, 0.2) is 24.3 Å². The zero-order chi connectivity index (χ0) is 17.2. The molecular weight excluding hydrogens is 310 g/mol. The van der Waals surface area contributed by atoms with Crippen LogP contribution in [0, 0.1) is 0 Å². The van der Waals surface area contributed by atoms with Crippen molar-refractivity contribution in [2.24, 2.45) is 0 Å². The van der Waals surface area contributed by atoms with E-state index in [4.69, 9.17) is 9.47 Å². The Bertz CT molecular complexity index is 544. The predicted molar refractivity (Wildman–Crippen MR) is 91.1 cm³/mol. The molecule has 1 atom stereocenters. The molecule has 1 aliphatic rings. The molecule has 0 spiro atoms. The van der Waals surface area contributed by atoms with E-state index in [1.54, 1.807) is 31.4 Å². The Kier molecular flexibility index (Phi) is 7.67. The Morgan fingerprint density at radius 1 is 1.29 bits per heavy atom. The second-order valence-corrected chi connectivity index (χ2v) is 5.57. The van der Waals surface area contributed by atoms with E-state index in [0.717, 1.165) is 19.4 Å². The fourth-order valence-corrected chi connectivity index (χ4v) is 2.41. The van der Waals surface area contributed by atoms with Crippen LogP contribution in [0.25, 0.3) is 0 Å². The molecular formula is C17H25N3O4. The summed E-state index contributed by atoms with van der Waals surface area (Å²) < 4.78 is 10.3. The largest absolute Gasteiger partial charge is 0.383 e. The van der Waals surface area contributed by atoms with Gasteiger partial charge in [0.05, 0.1) is 6.61 Å². The molecule has 7 heteroatoms. The van der Waals surface area contributed by atoms with Gasteiger partial charge in [-0.15, -0.1) is 0 Å². The Balaban J connectivity index is 1.78. The number of hydrogen-bond acceptors (Lipinski definition) is 5. The van der Waals surface area contributed by atoms with Crippen LogP contribution in [0.4, 0.5) is 5.69 Å². The van der Waals surface area contributed by atoms with Crippen LogP contribution in [0.1, 0.15) is 23.2 Å². The fraction of sp³-hybridized carbons (Fsp3) is 0.529. The normalized spacial score (nSPS) is 16.8. The highest BCUT2D eigenvalue weighted by atomic mass is 16.5. The maximum Gasteiger partial charge on any atom is 0.253 e. The molecule has 1 unspecified atom stereocenters. The number of nitrogens with one attached hydrogen (secondary N) is 3. The average Bonchev–Trinajstić information content (AvgIpc) is 3.13. The highest BCUT2D eigenvalue weighted by molar-refractivity contribution is 5.98. The minimum Gasteiger partial charge on any atom is -0.383 e. The smallest absolute Gasteiger partial charge is 0.253 e.